The van der Waals surface area contributed by atoms with Crippen molar-refractivity contribution in [3.8, 4) is 0 Å². The third-order valence-corrected chi connectivity index (χ3v) is 3.25. The summed E-state index contributed by atoms with van der Waals surface area (Å²) in [5.41, 5.74) is 7.48. The Labute approximate surface area is 97.7 Å². The molecule has 1 aromatic heterocycles. The molecule has 3 heteroatoms. The summed E-state index contributed by atoms with van der Waals surface area (Å²) in [6, 6.07) is 4.30. The van der Waals surface area contributed by atoms with Crippen molar-refractivity contribution in [2.75, 3.05) is 0 Å². The second-order valence-electron chi connectivity index (χ2n) is 4.20. The van der Waals surface area contributed by atoms with Gasteiger partial charge in [0.25, 0.3) is 0 Å². The lowest BCUT2D eigenvalue weighted by Crippen LogP contribution is -2.23. The minimum atomic E-state index is 0. The van der Waals surface area contributed by atoms with E-state index >= 15 is 0 Å². The van der Waals surface area contributed by atoms with E-state index in [-0.39, 0.29) is 18.4 Å². The topological polar surface area (TPSA) is 38.9 Å². The Morgan fingerprint density at radius 1 is 1.13 bits per heavy atom. The van der Waals surface area contributed by atoms with Gasteiger partial charge in [0.1, 0.15) is 0 Å². The van der Waals surface area contributed by atoms with Gasteiger partial charge in [-0.15, -0.1) is 12.4 Å². The SMILES string of the molecule is Cl.N[C@H](c1ccncc1)C1CCCCC1. The summed E-state index contributed by atoms with van der Waals surface area (Å²) in [5, 5.41) is 0. The molecule has 0 bridgehead atoms. The molecule has 0 spiro atoms. The molecule has 0 saturated heterocycles. The van der Waals surface area contributed by atoms with Crippen LogP contribution in [0, 0.1) is 5.92 Å². The van der Waals surface area contributed by atoms with E-state index in [9.17, 15) is 0 Å². The summed E-state index contributed by atoms with van der Waals surface area (Å²) in [6.07, 6.45) is 10.3. The molecule has 84 valence electrons. The summed E-state index contributed by atoms with van der Waals surface area (Å²) < 4.78 is 0. The summed E-state index contributed by atoms with van der Waals surface area (Å²) in [6.45, 7) is 0. The number of aromatic nitrogens is 1. The maximum Gasteiger partial charge on any atom is 0.0324 e. The van der Waals surface area contributed by atoms with E-state index in [0.717, 1.165) is 0 Å². The lowest BCUT2D eigenvalue weighted by atomic mass is 9.82. The zero-order valence-electron chi connectivity index (χ0n) is 8.93. The van der Waals surface area contributed by atoms with Crippen LogP contribution >= 0.6 is 12.4 Å². The Morgan fingerprint density at radius 2 is 1.73 bits per heavy atom. The molecule has 0 radical (unpaired) electrons. The number of hydrogen-bond acceptors (Lipinski definition) is 2. The van der Waals surface area contributed by atoms with Crippen LogP contribution in [0.3, 0.4) is 0 Å². The van der Waals surface area contributed by atoms with Crippen molar-refractivity contribution < 1.29 is 0 Å². The smallest absolute Gasteiger partial charge is 0.0324 e. The lowest BCUT2D eigenvalue weighted by molar-refractivity contribution is 0.308. The Bertz CT molecular complexity index is 270. The molecule has 1 aromatic rings. The van der Waals surface area contributed by atoms with Crippen molar-refractivity contribution in [3.05, 3.63) is 30.1 Å². The third-order valence-electron chi connectivity index (χ3n) is 3.25. The van der Waals surface area contributed by atoms with Crippen LogP contribution in [0.25, 0.3) is 0 Å². The van der Waals surface area contributed by atoms with Gasteiger partial charge in [-0.05, 0) is 36.5 Å². The van der Waals surface area contributed by atoms with Gasteiger partial charge in [-0.25, -0.2) is 0 Å². The number of rotatable bonds is 2. The van der Waals surface area contributed by atoms with Crippen LogP contribution in [0.5, 0.6) is 0 Å². The van der Waals surface area contributed by atoms with Gasteiger partial charge in [-0.3, -0.25) is 4.98 Å². The summed E-state index contributed by atoms with van der Waals surface area (Å²) >= 11 is 0. The van der Waals surface area contributed by atoms with Crippen LogP contribution in [0.4, 0.5) is 0 Å². The van der Waals surface area contributed by atoms with Crippen LogP contribution in [0.2, 0.25) is 0 Å². The number of nitrogens with zero attached hydrogens (tertiary/aromatic N) is 1. The molecule has 1 fully saturated rings. The molecule has 1 atom stereocenters. The zero-order valence-corrected chi connectivity index (χ0v) is 9.75. The fourth-order valence-corrected chi connectivity index (χ4v) is 2.35. The molecule has 2 nitrogen and oxygen atoms in total. The molecule has 15 heavy (non-hydrogen) atoms. The highest BCUT2D eigenvalue weighted by atomic mass is 35.5. The quantitative estimate of drug-likeness (QED) is 0.842. The monoisotopic (exact) mass is 226 g/mol. The molecule has 2 rings (SSSR count). The predicted octanol–water partition coefficient (Wildman–Crippen LogP) is 3.08. The Hall–Kier alpha value is -0.600. The number of nitrogens with two attached hydrogens (primary N) is 1. The van der Waals surface area contributed by atoms with Crippen molar-refractivity contribution in [1.82, 2.24) is 4.98 Å². The Kier molecular flexibility index (Phi) is 5.06. The van der Waals surface area contributed by atoms with E-state index in [4.69, 9.17) is 5.73 Å². The molecular formula is C12H19ClN2. The molecule has 1 heterocycles. The van der Waals surface area contributed by atoms with Gasteiger partial charge >= 0.3 is 0 Å². The Morgan fingerprint density at radius 3 is 2.33 bits per heavy atom. The first kappa shape index (κ1) is 12.5. The molecule has 0 aromatic carbocycles. The largest absolute Gasteiger partial charge is 0.324 e. The second kappa shape index (κ2) is 6.09. The van der Waals surface area contributed by atoms with Gasteiger partial charge in [0.2, 0.25) is 0 Å². The van der Waals surface area contributed by atoms with Crippen molar-refractivity contribution in [1.29, 1.82) is 0 Å². The minimum absolute atomic E-state index is 0. The van der Waals surface area contributed by atoms with E-state index in [2.05, 4.69) is 4.98 Å². The average Bonchev–Trinajstić information content (AvgIpc) is 2.30. The van der Waals surface area contributed by atoms with Gasteiger partial charge in [-0.2, -0.15) is 0 Å². The highest BCUT2D eigenvalue weighted by Gasteiger charge is 2.21. The molecule has 0 aliphatic heterocycles. The van der Waals surface area contributed by atoms with E-state index in [0.29, 0.717) is 5.92 Å². The van der Waals surface area contributed by atoms with E-state index < -0.39 is 0 Å². The first-order valence-electron chi connectivity index (χ1n) is 5.53. The molecule has 1 saturated carbocycles. The first-order valence-corrected chi connectivity index (χ1v) is 5.53. The van der Waals surface area contributed by atoms with Crippen molar-refractivity contribution in [2.45, 2.75) is 38.1 Å². The van der Waals surface area contributed by atoms with Crippen LogP contribution in [-0.4, -0.2) is 4.98 Å². The number of halogens is 1. The van der Waals surface area contributed by atoms with Gasteiger partial charge in [-0.1, -0.05) is 19.3 Å². The second-order valence-corrected chi connectivity index (χ2v) is 4.20. The van der Waals surface area contributed by atoms with Crippen molar-refractivity contribution >= 4 is 12.4 Å². The van der Waals surface area contributed by atoms with Gasteiger partial charge in [0.05, 0.1) is 0 Å². The van der Waals surface area contributed by atoms with Crippen LogP contribution in [0.15, 0.2) is 24.5 Å². The van der Waals surface area contributed by atoms with Crippen LogP contribution in [0.1, 0.15) is 43.7 Å². The van der Waals surface area contributed by atoms with E-state index in [1.165, 1.54) is 37.7 Å². The fourth-order valence-electron chi connectivity index (χ4n) is 2.35. The van der Waals surface area contributed by atoms with Gasteiger partial charge in [0.15, 0.2) is 0 Å². The van der Waals surface area contributed by atoms with Gasteiger partial charge in [0, 0.05) is 18.4 Å². The summed E-state index contributed by atoms with van der Waals surface area (Å²) in [7, 11) is 0. The lowest BCUT2D eigenvalue weighted by Gasteiger charge is -2.27. The first-order chi connectivity index (χ1) is 6.88. The van der Waals surface area contributed by atoms with Crippen molar-refractivity contribution in [3.63, 3.8) is 0 Å². The van der Waals surface area contributed by atoms with E-state index in [1.807, 2.05) is 24.5 Å². The standard InChI is InChI=1S/C12H18N2.ClH/c13-12(10-4-2-1-3-5-10)11-6-8-14-9-7-11;/h6-10,12H,1-5,13H2;1H/t12-;/m0./s1. The predicted molar refractivity (Wildman–Crippen MR) is 65.0 cm³/mol. The highest BCUT2D eigenvalue weighted by Crippen LogP contribution is 2.32. The highest BCUT2D eigenvalue weighted by molar-refractivity contribution is 5.85. The summed E-state index contributed by atoms with van der Waals surface area (Å²) in [5.74, 6) is 0.686. The van der Waals surface area contributed by atoms with E-state index in [1.54, 1.807) is 0 Å². The maximum absolute atomic E-state index is 6.24. The summed E-state index contributed by atoms with van der Waals surface area (Å²) in [4.78, 5) is 4.02. The number of hydrogen-bond donors (Lipinski definition) is 1. The maximum atomic E-state index is 6.24. The minimum Gasteiger partial charge on any atom is -0.324 e. The number of pyridine rings is 1. The molecule has 1 aliphatic rings. The molecule has 1 aliphatic carbocycles. The van der Waals surface area contributed by atoms with Crippen molar-refractivity contribution in [2.24, 2.45) is 11.7 Å². The zero-order chi connectivity index (χ0) is 9.80. The van der Waals surface area contributed by atoms with Crippen LogP contribution < -0.4 is 5.73 Å². The van der Waals surface area contributed by atoms with Gasteiger partial charge < -0.3 is 5.73 Å². The molecule has 2 N–H and O–H groups in total. The Balaban J connectivity index is 0.00000112. The molecule has 0 amide bonds. The van der Waals surface area contributed by atoms with Crippen LogP contribution in [-0.2, 0) is 0 Å². The third kappa shape index (κ3) is 3.18. The molecular weight excluding hydrogens is 208 g/mol. The fraction of sp³-hybridized carbons (Fsp3) is 0.583. The normalized spacial score (nSPS) is 19.3. The molecule has 0 unspecified atom stereocenters. The average molecular weight is 227 g/mol.